The highest BCUT2D eigenvalue weighted by atomic mass is 32.2. The molecule has 1 fully saturated rings. The lowest BCUT2D eigenvalue weighted by atomic mass is 9.74. The van der Waals surface area contributed by atoms with E-state index in [4.69, 9.17) is 0 Å². The third-order valence-corrected chi connectivity index (χ3v) is 5.02. The summed E-state index contributed by atoms with van der Waals surface area (Å²) in [5.74, 6) is 0.965. The van der Waals surface area contributed by atoms with Crippen LogP contribution >= 0.6 is 0 Å². The number of rotatable bonds is 1. The molecule has 0 heterocycles. The summed E-state index contributed by atoms with van der Waals surface area (Å²) in [7, 11) is 0. The lowest BCUT2D eigenvalue weighted by Gasteiger charge is -2.32. The Morgan fingerprint density at radius 1 is 0.929 bits per heavy atom. The molecule has 0 aliphatic heterocycles. The molecule has 0 bridgehead atoms. The second-order valence-corrected chi connectivity index (χ2v) is 7.08. The minimum absolute atomic E-state index is 0.534. The molecular weight excluding hydrogens is 188 g/mol. The standard InChI is InChI=1S/C13H26S/c1-13(2,3)11-7-5-6-8-12(14-4)10-9-11/h11-12H,5-10H2,1-4H3/p+1. The molecular formula is C13H27S+. The summed E-state index contributed by atoms with van der Waals surface area (Å²) in [6.45, 7) is 7.24. The molecule has 1 rings (SSSR count). The molecule has 0 nitrogen and oxygen atoms in total. The zero-order valence-electron chi connectivity index (χ0n) is 10.3. The molecule has 1 saturated carbocycles. The van der Waals surface area contributed by atoms with Gasteiger partial charge in [-0.3, -0.25) is 0 Å². The summed E-state index contributed by atoms with van der Waals surface area (Å²) >= 11 is 1.63. The van der Waals surface area contributed by atoms with E-state index in [0.717, 1.165) is 11.2 Å². The number of thiol groups is 1. The Hall–Kier alpha value is 0.350. The van der Waals surface area contributed by atoms with Crippen molar-refractivity contribution in [1.29, 1.82) is 0 Å². The van der Waals surface area contributed by atoms with Crippen molar-refractivity contribution in [2.45, 2.75) is 64.5 Å². The van der Waals surface area contributed by atoms with E-state index in [1.54, 1.807) is 11.8 Å². The molecule has 0 aromatic carbocycles. The molecule has 0 radical (unpaired) electrons. The lowest BCUT2D eigenvalue weighted by molar-refractivity contribution is 0.194. The van der Waals surface area contributed by atoms with E-state index in [2.05, 4.69) is 27.0 Å². The molecule has 0 amide bonds. The molecule has 14 heavy (non-hydrogen) atoms. The van der Waals surface area contributed by atoms with Gasteiger partial charge in [0, 0.05) is 0 Å². The van der Waals surface area contributed by atoms with Gasteiger partial charge < -0.3 is 0 Å². The van der Waals surface area contributed by atoms with Crippen molar-refractivity contribution in [2.75, 3.05) is 6.26 Å². The first-order chi connectivity index (χ1) is 6.54. The van der Waals surface area contributed by atoms with Crippen LogP contribution in [0.2, 0.25) is 0 Å². The monoisotopic (exact) mass is 215 g/mol. The molecule has 2 unspecified atom stereocenters. The van der Waals surface area contributed by atoms with Crippen LogP contribution in [0.5, 0.6) is 0 Å². The van der Waals surface area contributed by atoms with Gasteiger partial charge in [-0.15, -0.1) is 0 Å². The molecule has 2 atom stereocenters. The van der Waals surface area contributed by atoms with Crippen LogP contribution in [0.15, 0.2) is 0 Å². The smallest absolute Gasteiger partial charge is 0.0599 e. The van der Waals surface area contributed by atoms with Gasteiger partial charge in [-0.2, -0.15) is 0 Å². The fraction of sp³-hybridized carbons (Fsp3) is 1.00. The fourth-order valence-electron chi connectivity index (χ4n) is 2.58. The second-order valence-electron chi connectivity index (χ2n) is 5.84. The summed E-state index contributed by atoms with van der Waals surface area (Å²) in [5.41, 5.74) is 0.534. The Balaban J connectivity index is 2.46. The van der Waals surface area contributed by atoms with Gasteiger partial charge in [0.25, 0.3) is 0 Å². The third-order valence-electron chi connectivity index (χ3n) is 3.78. The highest BCUT2D eigenvalue weighted by Crippen LogP contribution is 2.36. The molecule has 1 aliphatic carbocycles. The molecule has 0 saturated heterocycles. The first-order valence-corrected chi connectivity index (χ1v) is 7.54. The average molecular weight is 215 g/mol. The van der Waals surface area contributed by atoms with Gasteiger partial charge in [0.1, 0.15) is 5.25 Å². The molecule has 0 aromatic rings. The normalized spacial score (nSPS) is 30.9. The van der Waals surface area contributed by atoms with Crippen LogP contribution in [0.1, 0.15) is 59.3 Å². The van der Waals surface area contributed by atoms with Crippen molar-refractivity contribution in [3.05, 3.63) is 0 Å². The highest BCUT2D eigenvalue weighted by molar-refractivity contribution is 7.78. The van der Waals surface area contributed by atoms with Crippen molar-refractivity contribution in [3.8, 4) is 0 Å². The van der Waals surface area contributed by atoms with E-state index >= 15 is 0 Å². The number of hydrogen-bond donors (Lipinski definition) is 0. The zero-order chi connectivity index (χ0) is 10.6. The van der Waals surface area contributed by atoms with Crippen LogP contribution in [0, 0.1) is 11.3 Å². The van der Waals surface area contributed by atoms with Crippen molar-refractivity contribution in [2.24, 2.45) is 11.3 Å². The van der Waals surface area contributed by atoms with Crippen molar-refractivity contribution in [1.82, 2.24) is 0 Å². The Morgan fingerprint density at radius 2 is 1.57 bits per heavy atom. The lowest BCUT2D eigenvalue weighted by Crippen LogP contribution is -2.24. The highest BCUT2D eigenvalue weighted by Gasteiger charge is 2.27. The molecule has 0 aromatic heterocycles. The molecule has 0 spiro atoms. The van der Waals surface area contributed by atoms with E-state index in [0.29, 0.717) is 5.41 Å². The minimum Gasteiger partial charge on any atom is -0.0599 e. The average Bonchev–Trinajstić information content (AvgIpc) is 2.01. The van der Waals surface area contributed by atoms with Gasteiger partial charge in [0.05, 0.1) is 6.26 Å². The van der Waals surface area contributed by atoms with Crippen LogP contribution in [-0.2, 0) is 11.8 Å². The summed E-state index contributed by atoms with van der Waals surface area (Å²) in [6.07, 6.45) is 11.2. The Morgan fingerprint density at radius 3 is 2.14 bits per heavy atom. The largest absolute Gasteiger partial charge is 0.115 e. The van der Waals surface area contributed by atoms with Gasteiger partial charge in [0.2, 0.25) is 0 Å². The number of hydrogen-bond acceptors (Lipinski definition) is 0. The summed E-state index contributed by atoms with van der Waals surface area (Å²) in [5, 5.41) is 1.00. The summed E-state index contributed by atoms with van der Waals surface area (Å²) in [4.78, 5) is 0. The molecule has 84 valence electrons. The Bertz CT molecular complexity index is 157. The van der Waals surface area contributed by atoms with E-state index in [1.807, 2.05) is 0 Å². The fourth-order valence-corrected chi connectivity index (χ4v) is 3.43. The quantitative estimate of drug-likeness (QED) is 0.461. The van der Waals surface area contributed by atoms with Crippen LogP contribution < -0.4 is 0 Å². The van der Waals surface area contributed by atoms with E-state index in [9.17, 15) is 0 Å². The Kier molecular flexibility index (Phi) is 4.82. The van der Waals surface area contributed by atoms with Gasteiger partial charge >= 0.3 is 0 Å². The minimum atomic E-state index is 0.534. The van der Waals surface area contributed by atoms with Crippen LogP contribution in [0.25, 0.3) is 0 Å². The topological polar surface area (TPSA) is 0 Å². The van der Waals surface area contributed by atoms with Gasteiger partial charge in [-0.25, -0.2) is 0 Å². The predicted molar refractivity (Wildman–Crippen MR) is 69.1 cm³/mol. The SMILES string of the molecule is C[SH+]C1CCCCC(C(C)(C)C)CC1. The summed E-state index contributed by atoms with van der Waals surface area (Å²) < 4.78 is 0. The predicted octanol–water partition coefficient (Wildman–Crippen LogP) is 3.82. The van der Waals surface area contributed by atoms with Crippen molar-refractivity contribution in [3.63, 3.8) is 0 Å². The Labute approximate surface area is 94.2 Å². The van der Waals surface area contributed by atoms with Gasteiger partial charge in [-0.1, -0.05) is 27.2 Å². The van der Waals surface area contributed by atoms with Crippen molar-refractivity contribution < 1.29 is 0 Å². The van der Waals surface area contributed by atoms with Crippen molar-refractivity contribution >= 4 is 11.8 Å². The summed E-state index contributed by atoms with van der Waals surface area (Å²) in [6, 6.07) is 0. The van der Waals surface area contributed by atoms with E-state index < -0.39 is 0 Å². The zero-order valence-corrected chi connectivity index (χ0v) is 11.2. The first-order valence-electron chi connectivity index (χ1n) is 6.13. The molecule has 1 heteroatoms. The van der Waals surface area contributed by atoms with E-state index in [1.165, 1.54) is 38.5 Å². The maximum atomic E-state index is 2.41. The molecule has 1 aliphatic rings. The van der Waals surface area contributed by atoms with Gasteiger partial charge in [0.15, 0.2) is 0 Å². The van der Waals surface area contributed by atoms with Gasteiger partial charge in [-0.05, 0) is 55.2 Å². The maximum Gasteiger partial charge on any atom is 0.115 e. The van der Waals surface area contributed by atoms with E-state index in [-0.39, 0.29) is 0 Å². The first kappa shape index (κ1) is 12.4. The maximum absolute atomic E-state index is 2.41. The second kappa shape index (κ2) is 5.44. The van der Waals surface area contributed by atoms with Crippen LogP contribution in [0.4, 0.5) is 0 Å². The van der Waals surface area contributed by atoms with Crippen LogP contribution in [0.3, 0.4) is 0 Å². The molecule has 0 N–H and O–H groups in total. The van der Waals surface area contributed by atoms with Crippen LogP contribution in [-0.4, -0.2) is 11.5 Å². The third kappa shape index (κ3) is 3.84.